The first-order chi connectivity index (χ1) is 17.1. The van der Waals surface area contributed by atoms with Gasteiger partial charge in [0.25, 0.3) is 5.82 Å². The SMILES string of the molecule is O=C(OCc1ccccc1)c1nc(C(=O)OCc2ccccc2)n(C(=O)OCc2ccccc2)n1. The van der Waals surface area contributed by atoms with E-state index in [-0.39, 0.29) is 19.8 Å². The summed E-state index contributed by atoms with van der Waals surface area (Å²) in [5.41, 5.74) is 2.22. The minimum atomic E-state index is -0.991. The Morgan fingerprint density at radius 2 is 1.03 bits per heavy atom. The number of hydrogen-bond acceptors (Lipinski definition) is 8. The molecule has 0 spiro atoms. The second-order valence-corrected chi connectivity index (χ2v) is 7.33. The zero-order valence-electron chi connectivity index (χ0n) is 18.6. The molecule has 35 heavy (non-hydrogen) atoms. The normalized spacial score (nSPS) is 10.4. The third-order valence-electron chi connectivity index (χ3n) is 4.78. The third kappa shape index (κ3) is 6.38. The van der Waals surface area contributed by atoms with Gasteiger partial charge in [0.15, 0.2) is 0 Å². The molecule has 1 aromatic heterocycles. The molecule has 0 bridgehead atoms. The van der Waals surface area contributed by atoms with Crippen LogP contribution in [0.25, 0.3) is 0 Å². The van der Waals surface area contributed by atoms with Crippen LogP contribution < -0.4 is 0 Å². The van der Waals surface area contributed by atoms with Crippen molar-refractivity contribution in [2.24, 2.45) is 0 Å². The molecule has 0 aliphatic rings. The molecule has 0 atom stereocenters. The summed E-state index contributed by atoms with van der Waals surface area (Å²) in [6.45, 7) is -0.147. The van der Waals surface area contributed by atoms with Crippen LogP contribution in [0.4, 0.5) is 4.79 Å². The molecule has 0 aliphatic heterocycles. The van der Waals surface area contributed by atoms with Gasteiger partial charge in [0.2, 0.25) is 5.82 Å². The number of hydrogen-bond donors (Lipinski definition) is 0. The van der Waals surface area contributed by atoms with Crippen LogP contribution in [-0.2, 0) is 34.0 Å². The average molecular weight is 471 g/mol. The molecule has 9 nitrogen and oxygen atoms in total. The van der Waals surface area contributed by atoms with Gasteiger partial charge in [-0.2, -0.15) is 4.98 Å². The highest BCUT2D eigenvalue weighted by Crippen LogP contribution is 2.10. The van der Waals surface area contributed by atoms with Gasteiger partial charge in [0.05, 0.1) is 0 Å². The van der Waals surface area contributed by atoms with Crippen LogP contribution in [0.15, 0.2) is 91.0 Å². The van der Waals surface area contributed by atoms with E-state index in [0.717, 1.165) is 16.7 Å². The number of nitrogens with zero attached hydrogens (tertiary/aromatic N) is 3. The summed E-state index contributed by atoms with van der Waals surface area (Å²) in [5.74, 6) is -2.81. The average Bonchev–Trinajstić information content (AvgIpc) is 3.37. The van der Waals surface area contributed by atoms with Gasteiger partial charge >= 0.3 is 18.0 Å². The van der Waals surface area contributed by atoms with Crippen molar-refractivity contribution in [1.82, 2.24) is 14.8 Å². The van der Waals surface area contributed by atoms with Crippen LogP contribution >= 0.6 is 0 Å². The monoisotopic (exact) mass is 471 g/mol. The quantitative estimate of drug-likeness (QED) is 0.278. The van der Waals surface area contributed by atoms with E-state index in [1.165, 1.54) is 0 Å². The molecule has 0 fully saturated rings. The Morgan fingerprint density at radius 1 is 0.600 bits per heavy atom. The molecule has 1 heterocycles. The fraction of sp³-hybridized carbons (Fsp3) is 0.115. The first-order valence-corrected chi connectivity index (χ1v) is 10.7. The maximum Gasteiger partial charge on any atom is 0.437 e. The highest BCUT2D eigenvalue weighted by Gasteiger charge is 2.28. The van der Waals surface area contributed by atoms with Crippen LogP contribution in [0.3, 0.4) is 0 Å². The zero-order valence-corrected chi connectivity index (χ0v) is 18.6. The molecular weight excluding hydrogens is 450 g/mol. The van der Waals surface area contributed by atoms with Crippen molar-refractivity contribution in [1.29, 1.82) is 0 Å². The number of ether oxygens (including phenoxy) is 3. The van der Waals surface area contributed by atoms with Crippen molar-refractivity contribution in [3.8, 4) is 0 Å². The second-order valence-electron chi connectivity index (χ2n) is 7.33. The third-order valence-corrected chi connectivity index (χ3v) is 4.78. The number of aromatic nitrogens is 3. The maximum atomic E-state index is 12.7. The van der Waals surface area contributed by atoms with Gasteiger partial charge in [-0.05, 0) is 16.7 Å². The topological polar surface area (TPSA) is 110 Å². The molecule has 0 aliphatic carbocycles. The van der Waals surface area contributed by atoms with E-state index < -0.39 is 29.7 Å². The van der Waals surface area contributed by atoms with Crippen LogP contribution in [0.5, 0.6) is 0 Å². The van der Waals surface area contributed by atoms with E-state index in [1.54, 1.807) is 72.8 Å². The number of carbonyl (C=O) groups excluding carboxylic acids is 3. The second kappa shape index (κ2) is 11.4. The van der Waals surface area contributed by atoms with Crippen LogP contribution in [0.2, 0.25) is 0 Å². The summed E-state index contributed by atoms with van der Waals surface area (Å²) in [5, 5.41) is 3.87. The number of rotatable bonds is 8. The Morgan fingerprint density at radius 3 is 1.51 bits per heavy atom. The summed E-state index contributed by atoms with van der Waals surface area (Å²) < 4.78 is 16.3. The van der Waals surface area contributed by atoms with Crippen molar-refractivity contribution in [2.75, 3.05) is 0 Å². The van der Waals surface area contributed by atoms with Gasteiger partial charge < -0.3 is 14.2 Å². The lowest BCUT2D eigenvalue weighted by Crippen LogP contribution is -2.22. The Balaban J connectivity index is 1.50. The summed E-state index contributed by atoms with van der Waals surface area (Å²) in [4.78, 5) is 41.9. The van der Waals surface area contributed by atoms with Crippen LogP contribution in [0.1, 0.15) is 37.9 Å². The molecule has 4 aromatic rings. The molecule has 0 radical (unpaired) electrons. The van der Waals surface area contributed by atoms with Gasteiger partial charge in [-0.15, -0.1) is 9.78 Å². The molecule has 0 saturated carbocycles. The molecule has 0 N–H and O–H groups in total. The molecule has 9 heteroatoms. The van der Waals surface area contributed by atoms with Gasteiger partial charge in [0, 0.05) is 0 Å². The Labute approximate surface area is 200 Å². The Kier molecular flexibility index (Phi) is 7.59. The van der Waals surface area contributed by atoms with E-state index in [1.807, 2.05) is 18.2 Å². The molecule has 3 aromatic carbocycles. The van der Waals surface area contributed by atoms with E-state index in [2.05, 4.69) is 10.1 Å². The number of esters is 2. The van der Waals surface area contributed by atoms with Gasteiger partial charge in [-0.25, -0.2) is 14.4 Å². The Bertz CT molecular complexity index is 1220. The molecule has 0 unspecified atom stereocenters. The van der Waals surface area contributed by atoms with Crippen molar-refractivity contribution in [3.63, 3.8) is 0 Å². The molecular formula is C26H21N3O6. The largest absolute Gasteiger partial charge is 0.455 e. The lowest BCUT2D eigenvalue weighted by Gasteiger charge is -2.07. The summed E-state index contributed by atoms with van der Waals surface area (Å²) in [7, 11) is 0. The fourth-order valence-electron chi connectivity index (χ4n) is 3.01. The lowest BCUT2D eigenvalue weighted by atomic mass is 10.2. The van der Waals surface area contributed by atoms with Crippen molar-refractivity contribution in [3.05, 3.63) is 119 Å². The molecule has 0 saturated heterocycles. The first-order valence-electron chi connectivity index (χ1n) is 10.7. The first kappa shape index (κ1) is 23.4. The summed E-state index contributed by atoms with van der Waals surface area (Å²) in [6, 6.07) is 27.0. The minimum absolute atomic E-state index is 0.0273. The smallest absolute Gasteiger partial charge is 0.437 e. The van der Waals surface area contributed by atoms with Crippen molar-refractivity contribution in [2.45, 2.75) is 19.8 Å². The standard InChI is InChI=1S/C26H21N3O6/c30-24(33-16-19-10-4-1-5-11-19)22-27-23(25(31)34-17-20-12-6-2-7-13-20)29(28-22)26(32)35-18-21-14-8-3-9-15-21/h1-15H,16-18H2. The number of benzene rings is 3. The van der Waals surface area contributed by atoms with E-state index >= 15 is 0 Å². The van der Waals surface area contributed by atoms with E-state index in [4.69, 9.17) is 14.2 Å². The van der Waals surface area contributed by atoms with Crippen molar-refractivity contribution >= 4 is 18.0 Å². The van der Waals surface area contributed by atoms with E-state index in [9.17, 15) is 14.4 Å². The zero-order chi connectivity index (χ0) is 24.5. The van der Waals surface area contributed by atoms with Gasteiger partial charge in [-0.1, -0.05) is 91.0 Å². The predicted octanol–water partition coefficient (Wildman–Crippen LogP) is 4.18. The highest BCUT2D eigenvalue weighted by atomic mass is 16.6. The van der Waals surface area contributed by atoms with Gasteiger partial charge in [0.1, 0.15) is 19.8 Å². The van der Waals surface area contributed by atoms with Crippen LogP contribution in [0, 0.1) is 0 Å². The van der Waals surface area contributed by atoms with E-state index in [0.29, 0.717) is 4.68 Å². The summed E-state index contributed by atoms with van der Waals surface area (Å²) in [6.07, 6.45) is -0.991. The predicted molar refractivity (Wildman–Crippen MR) is 123 cm³/mol. The minimum Gasteiger partial charge on any atom is -0.455 e. The lowest BCUT2D eigenvalue weighted by molar-refractivity contribution is 0.0447. The number of carbonyl (C=O) groups is 3. The summed E-state index contributed by atoms with van der Waals surface area (Å²) >= 11 is 0. The molecule has 176 valence electrons. The highest BCUT2D eigenvalue weighted by molar-refractivity contribution is 5.92. The maximum absolute atomic E-state index is 12.7. The Hall–Kier alpha value is -4.79. The fourth-order valence-corrected chi connectivity index (χ4v) is 3.01. The molecule has 0 amide bonds. The molecule has 4 rings (SSSR count). The van der Waals surface area contributed by atoms with Crippen LogP contribution in [-0.4, -0.2) is 32.8 Å². The van der Waals surface area contributed by atoms with Gasteiger partial charge in [-0.3, -0.25) is 0 Å². The van der Waals surface area contributed by atoms with Crippen molar-refractivity contribution < 1.29 is 28.6 Å².